The number of carbonyl (C=O) groups is 2. The Morgan fingerprint density at radius 3 is 2.71 bits per heavy atom. The van der Waals surface area contributed by atoms with E-state index < -0.39 is 17.6 Å². The molecule has 0 saturated carbocycles. The Kier molecular flexibility index (Phi) is 5.42. The fourth-order valence-corrected chi connectivity index (χ4v) is 1.24. The Bertz CT molecular complexity index is 412. The molecular weight excluding hydrogens is 247 g/mol. The van der Waals surface area contributed by atoms with E-state index in [1.54, 1.807) is 0 Å². The van der Waals surface area contributed by atoms with Crippen LogP contribution in [0.2, 0.25) is 0 Å². The number of anilines is 1. The van der Waals surface area contributed by atoms with Crippen LogP contribution in [0.15, 0.2) is 24.3 Å². The summed E-state index contributed by atoms with van der Waals surface area (Å²) in [6.45, 7) is 0.332. The molecule has 0 atom stereocenters. The molecule has 0 aliphatic carbocycles. The first-order valence-corrected chi connectivity index (χ1v) is 5.57. The fourth-order valence-electron chi connectivity index (χ4n) is 1.10. The van der Waals surface area contributed by atoms with Gasteiger partial charge in [0.2, 0.25) is 0 Å². The molecule has 1 aromatic carbocycles. The number of nitrogens with one attached hydrogen (secondary N) is 2. The molecule has 0 heterocycles. The highest BCUT2D eigenvalue weighted by Gasteiger charge is 2.12. The van der Waals surface area contributed by atoms with Crippen molar-refractivity contribution in [2.45, 2.75) is 6.42 Å². The van der Waals surface area contributed by atoms with E-state index >= 15 is 0 Å². The molecule has 2 N–H and O–H groups in total. The van der Waals surface area contributed by atoms with E-state index in [9.17, 15) is 14.0 Å². The zero-order valence-corrected chi connectivity index (χ0v) is 9.76. The van der Waals surface area contributed by atoms with Crippen LogP contribution in [0, 0.1) is 5.82 Å². The van der Waals surface area contributed by atoms with Crippen LogP contribution in [0.4, 0.5) is 10.1 Å². The summed E-state index contributed by atoms with van der Waals surface area (Å²) < 4.78 is 12.8. The van der Waals surface area contributed by atoms with Gasteiger partial charge in [-0.1, -0.05) is 6.07 Å². The SMILES string of the molecule is O=C(NCCCCl)C(=O)Nc1cccc(F)c1. The van der Waals surface area contributed by atoms with Crippen molar-refractivity contribution in [1.29, 1.82) is 0 Å². The normalized spacial score (nSPS) is 9.76. The number of rotatable bonds is 4. The molecule has 6 heteroatoms. The Hall–Kier alpha value is -1.62. The molecule has 92 valence electrons. The van der Waals surface area contributed by atoms with Gasteiger partial charge >= 0.3 is 11.8 Å². The first kappa shape index (κ1) is 13.4. The Morgan fingerprint density at radius 2 is 2.06 bits per heavy atom. The van der Waals surface area contributed by atoms with Gasteiger partial charge in [-0.05, 0) is 24.6 Å². The second-order valence-corrected chi connectivity index (χ2v) is 3.64. The summed E-state index contributed by atoms with van der Waals surface area (Å²) in [7, 11) is 0. The number of hydrogen-bond acceptors (Lipinski definition) is 2. The van der Waals surface area contributed by atoms with Crippen molar-refractivity contribution in [3.8, 4) is 0 Å². The number of hydrogen-bond donors (Lipinski definition) is 2. The van der Waals surface area contributed by atoms with Gasteiger partial charge in [-0.3, -0.25) is 9.59 Å². The minimum Gasteiger partial charge on any atom is -0.348 e. The van der Waals surface area contributed by atoms with E-state index in [1.807, 2.05) is 0 Å². The molecule has 0 aliphatic heterocycles. The van der Waals surface area contributed by atoms with E-state index in [1.165, 1.54) is 18.2 Å². The maximum Gasteiger partial charge on any atom is 0.313 e. The standard InChI is InChI=1S/C11H12ClFN2O2/c12-5-2-6-14-10(16)11(17)15-9-4-1-3-8(13)7-9/h1,3-4,7H,2,5-6H2,(H,14,16)(H,15,17). The molecule has 0 aliphatic rings. The van der Waals surface area contributed by atoms with Crippen molar-refractivity contribution in [1.82, 2.24) is 5.32 Å². The van der Waals surface area contributed by atoms with Gasteiger partial charge in [0.05, 0.1) is 0 Å². The topological polar surface area (TPSA) is 58.2 Å². The zero-order chi connectivity index (χ0) is 12.7. The Balaban J connectivity index is 2.46. The Morgan fingerprint density at radius 1 is 1.29 bits per heavy atom. The molecular formula is C11H12ClFN2O2. The number of alkyl halides is 1. The fraction of sp³-hybridized carbons (Fsp3) is 0.273. The number of amides is 2. The lowest BCUT2D eigenvalue weighted by Crippen LogP contribution is -2.36. The third-order valence-electron chi connectivity index (χ3n) is 1.88. The molecule has 2 amide bonds. The summed E-state index contributed by atoms with van der Waals surface area (Å²) in [5, 5.41) is 4.67. The van der Waals surface area contributed by atoms with Crippen molar-refractivity contribution in [2.24, 2.45) is 0 Å². The summed E-state index contributed by atoms with van der Waals surface area (Å²) >= 11 is 5.42. The predicted molar refractivity (Wildman–Crippen MR) is 63.4 cm³/mol. The van der Waals surface area contributed by atoms with Crippen LogP contribution in [0.25, 0.3) is 0 Å². The second-order valence-electron chi connectivity index (χ2n) is 3.26. The third kappa shape index (κ3) is 4.82. The van der Waals surface area contributed by atoms with Gasteiger partial charge in [-0.15, -0.1) is 11.6 Å². The van der Waals surface area contributed by atoms with Crippen molar-refractivity contribution < 1.29 is 14.0 Å². The summed E-state index contributed by atoms with van der Waals surface area (Å²) in [5.41, 5.74) is 0.238. The summed E-state index contributed by atoms with van der Waals surface area (Å²) in [4.78, 5) is 22.6. The lowest BCUT2D eigenvalue weighted by Gasteiger charge is -2.05. The molecule has 0 saturated heterocycles. The third-order valence-corrected chi connectivity index (χ3v) is 2.15. The molecule has 17 heavy (non-hydrogen) atoms. The minimum absolute atomic E-state index is 0.238. The molecule has 0 radical (unpaired) electrons. The van der Waals surface area contributed by atoms with Gasteiger partial charge < -0.3 is 10.6 Å². The average molecular weight is 259 g/mol. The zero-order valence-electron chi connectivity index (χ0n) is 9.00. The highest BCUT2D eigenvalue weighted by atomic mass is 35.5. The van der Waals surface area contributed by atoms with Crippen molar-refractivity contribution in [3.05, 3.63) is 30.1 Å². The number of benzene rings is 1. The minimum atomic E-state index is -0.829. The lowest BCUT2D eigenvalue weighted by atomic mass is 10.3. The van der Waals surface area contributed by atoms with Crippen LogP contribution in [0.1, 0.15) is 6.42 Å². The van der Waals surface area contributed by atoms with Crippen LogP contribution in [0.3, 0.4) is 0 Å². The first-order chi connectivity index (χ1) is 8.13. The summed E-state index contributed by atoms with van der Waals surface area (Å²) in [6, 6.07) is 5.31. The van der Waals surface area contributed by atoms with Crippen molar-refractivity contribution >= 4 is 29.1 Å². The Labute approximate surface area is 103 Å². The van der Waals surface area contributed by atoms with Gasteiger partial charge in [0.1, 0.15) is 5.82 Å². The quantitative estimate of drug-likeness (QED) is 0.489. The van der Waals surface area contributed by atoms with E-state index in [4.69, 9.17) is 11.6 Å². The average Bonchev–Trinajstić information content (AvgIpc) is 2.29. The molecule has 0 spiro atoms. The predicted octanol–water partition coefficient (Wildman–Crippen LogP) is 1.51. The van der Waals surface area contributed by atoms with E-state index in [0.717, 1.165) is 6.07 Å². The summed E-state index contributed by atoms with van der Waals surface area (Å²) in [6.07, 6.45) is 0.584. The monoisotopic (exact) mass is 258 g/mol. The highest BCUT2D eigenvalue weighted by molar-refractivity contribution is 6.39. The van der Waals surface area contributed by atoms with E-state index in [0.29, 0.717) is 18.8 Å². The molecule has 0 unspecified atom stereocenters. The molecule has 4 nitrogen and oxygen atoms in total. The van der Waals surface area contributed by atoms with Crippen molar-refractivity contribution in [3.63, 3.8) is 0 Å². The van der Waals surface area contributed by atoms with Crippen LogP contribution in [-0.4, -0.2) is 24.2 Å². The molecule has 0 aromatic heterocycles. The maximum atomic E-state index is 12.8. The smallest absolute Gasteiger partial charge is 0.313 e. The highest BCUT2D eigenvalue weighted by Crippen LogP contribution is 2.08. The molecule has 1 aromatic rings. The molecule has 0 bridgehead atoms. The molecule has 0 fully saturated rings. The lowest BCUT2D eigenvalue weighted by molar-refractivity contribution is -0.136. The van der Waals surface area contributed by atoms with Crippen LogP contribution < -0.4 is 10.6 Å². The number of carbonyl (C=O) groups excluding carboxylic acids is 2. The van der Waals surface area contributed by atoms with Gasteiger partial charge in [-0.2, -0.15) is 0 Å². The molecule has 1 rings (SSSR count). The van der Waals surface area contributed by atoms with Crippen molar-refractivity contribution in [2.75, 3.05) is 17.7 Å². The van der Waals surface area contributed by atoms with Crippen LogP contribution >= 0.6 is 11.6 Å². The van der Waals surface area contributed by atoms with Gasteiger partial charge in [0.15, 0.2) is 0 Å². The van der Waals surface area contributed by atoms with Gasteiger partial charge in [0, 0.05) is 18.1 Å². The largest absolute Gasteiger partial charge is 0.348 e. The first-order valence-electron chi connectivity index (χ1n) is 5.04. The number of halogens is 2. The maximum absolute atomic E-state index is 12.8. The van der Waals surface area contributed by atoms with E-state index in [2.05, 4.69) is 10.6 Å². The van der Waals surface area contributed by atoms with Gasteiger partial charge in [0.25, 0.3) is 0 Å². The van der Waals surface area contributed by atoms with E-state index in [-0.39, 0.29) is 5.69 Å². The van der Waals surface area contributed by atoms with Gasteiger partial charge in [-0.25, -0.2) is 4.39 Å². The second kappa shape index (κ2) is 6.85. The van der Waals surface area contributed by atoms with Crippen LogP contribution in [0.5, 0.6) is 0 Å². The van der Waals surface area contributed by atoms with Crippen LogP contribution in [-0.2, 0) is 9.59 Å². The summed E-state index contributed by atoms with van der Waals surface area (Å²) in [5.74, 6) is -1.67.